The quantitative estimate of drug-likeness (QED) is 0.824. The summed E-state index contributed by atoms with van der Waals surface area (Å²) in [5, 5.41) is 12.3. The van der Waals surface area contributed by atoms with Gasteiger partial charge in [-0.15, -0.1) is 10.2 Å². The molecule has 120 valence electrons. The van der Waals surface area contributed by atoms with E-state index in [9.17, 15) is 4.79 Å². The Labute approximate surface area is 138 Å². The Hall–Kier alpha value is -2.41. The Morgan fingerprint density at radius 2 is 2.04 bits per heavy atom. The second-order valence-corrected chi connectivity index (χ2v) is 6.17. The molecule has 0 spiro atoms. The van der Waals surface area contributed by atoms with Gasteiger partial charge in [0.1, 0.15) is 5.01 Å². The Bertz CT molecular complexity index is 738. The molecule has 3 rings (SSSR count). The van der Waals surface area contributed by atoms with Crippen LogP contribution < -0.4 is 14.8 Å². The number of carbonyl (C=O) groups is 1. The van der Waals surface area contributed by atoms with Crippen molar-refractivity contribution in [1.82, 2.24) is 10.2 Å². The summed E-state index contributed by atoms with van der Waals surface area (Å²) in [6.45, 7) is 0. The Kier molecular flexibility index (Phi) is 4.57. The highest BCUT2D eigenvalue weighted by molar-refractivity contribution is 7.15. The maximum atomic E-state index is 11.9. The lowest BCUT2D eigenvalue weighted by molar-refractivity contribution is -0.111. The van der Waals surface area contributed by atoms with Gasteiger partial charge in [-0.05, 0) is 36.6 Å². The number of benzene rings is 1. The van der Waals surface area contributed by atoms with Gasteiger partial charge in [0.05, 0.1) is 14.2 Å². The van der Waals surface area contributed by atoms with Crippen molar-refractivity contribution < 1.29 is 14.3 Å². The van der Waals surface area contributed by atoms with Crippen LogP contribution in [-0.2, 0) is 4.79 Å². The molecule has 1 fully saturated rings. The zero-order chi connectivity index (χ0) is 16.2. The van der Waals surface area contributed by atoms with Crippen LogP contribution in [0, 0.1) is 0 Å². The average molecular weight is 331 g/mol. The minimum absolute atomic E-state index is 0.238. The number of anilines is 1. The van der Waals surface area contributed by atoms with Gasteiger partial charge in [0.25, 0.3) is 0 Å². The lowest BCUT2D eigenvalue weighted by Crippen LogP contribution is -2.07. The predicted molar refractivity (Wildman–Crippen MR) is 89.1 cm³/mol. The molecule has 0 bridgehead atoms. The van der Waals surface area contributed by atoms with Gasteiger partial charge >= 0.3 is 0 Å². The minimum Gasteiger partial charge on any atom is -0.493 e. The van der Waals surface area contributed by atoms with E-state index in [4.69, 9.17) is 9.47 Å². The van der Waals surface area contributed by atoms with E-state index in [0.29, 0.717) is 22.5 Å². The molecule has 1 aliphatic carbocycles. The predicted octanol–water partition coefficient (Wildman–Crippen LogP) is 3.08. The van der Waals surface area contributed by atoms with Crippen molar-refractivity contribution in [3.05, 3.63) is 34.8 Å². The highest BCUT2D eigenvalue weighted by atomic mass is 32.1. The molecule has 1 N–H and O–H groups in total. The van der Waals surface area contributed by atoms with Crippen LogP contribution in [-0.4, -0.2) is 30.3 Å². The molecule has 0 saturated heterocycles. The third-order valence-electron chi connectivity index (χ3n) is 3.43. The van der Waals surface area contributed by atoms with Gasteiger partial charge in [-0.25, -0.2) is 0 Å². The van der Waals surface area contributed by atoms with Crippen LogP contribution in [0.3, 0.4) is 0 Å². The maximum absolute atomic E-state index is 11.9. The van der Waals surface area contributed by atoms with E-state index < -0.39 is 0 Å². The van der Waals surface area contributed by atoms with Gasteiger partial charge in [-0.1, -0.05) is 17.4 Å². The molecule has 1 aromatic heterocycles. The van der Waals surface area contributed by atoms with Crippen LogP contribution >= 0.6 is 11.3 Å². The molecular formula is C16H17N3O3S. The standard InChI is InChI=1S/C16H17N3O3S/c1-21-12-7-3-10(9-13(12)22-2)4-8-14(20)17-16-19-18-15(23-16)11-5-6-11/h3-4,7-9,11H,5-6H2,1-2H3,(H,17,19,20)/b8-4+. The number of rotatable bonds is 6. The molecule has 2 aromatic rings. The fraction of sp³-hybridized carbons (Fsp3) is 0.312. The van der Waals surface area contributed by atoms with Crippen LogP contribution in [0.15, 0.2) is 24.3 Å². The third-order valence-corrected chi connectivity index (χ3v) is 4.43. The van der Waals surface area contributed by atoms with Crippen LogP contribution in [0.1, 0.15) is 29.3 Å². The number of aromatic nitrogens is 2. The van der Waals surface area contributed by atoms with Crippen molar-refractivity contribution in [3.63, 3.8) is 0 Å². The topological polar surface area (TPSA) is 73.3 Å². The summed E-state index contributed by atoms with van der Waals surface area (Å²) in [6.07, 6.45) is 5.50. The van der Waals surface area contributed by atoms with E-state index >= 15 is 0 Å². The number of nitrogens with one attached hydrogen (secondary N) is 1. The van der Waals surface area contributed by atoms with Crippen molar-refractivity contribution >= 4 is 28.5 Å². The zero-order valence-electron chi connectivity index (χ0n) is 12.9. The summed E-state index contributed by atoms with van der Waals surface area (Å²) >= 11 is 1.44. The first-order valence-electron chi connectivity index (χ1n) is 7.24. The maximum Gasteiger partial charge on any atom is 0.250 e. The number of ether oxygens (including phenoxy) is 2. The summed E-state index contributed by atoms with van der Waals surface area (Å²) in [4.78, 5) is 11.9. The fourth-order valence-electron chi connectivity index (χ4n) is 2.06. The normalized spacial score (nSPS) is 14.0. The van der Waals surface area contributed by atoms with E-state index in [1.165, 1.54) is 30.3 Å². The fourth-order valence-corrected chi connectivity index (χ4v) is 2.97. The first-order valence-corrected chi connectivity index (χ1v) is 8.05. The van der Waals surface area contributed by atoms with E-state index in [1.54, 1.807) is 32.4 Å². The number of carbonyl (C=O) groups excluding carboxylic acids is 1. The number of hydrogen-bond donors (Lipinski definition) is 1. The molecule has 1 heterocycles. The SMILES string of the molecule is COc1ccc(/C=C/C(=O)Nc2nnc(C3CC3)s2)cc1OC. The lowest BCUT2D eigenvalue weighted by atomic mass is 10.2. The summed E-state index contributed by atoms with van der Waals surface area (Å²) in [5.74, 6) is 1.57. The van der Waals surface area contributed by atoms with Crippen LogP contribution in [0.25, 0.3) is 6.08 Å². The highest BCUT2D eigenvalue weighted by Crippen LogP contribution is 2.42. The Morgan fingerprint density at radius 3 is 2.74 bits per heavy atom. The van der Waals surface area contributed by atoms with Gasteiger partial charge in [0, 0.05) is 12.0 Å². The van der Waals surface area contributed by atoms with Crippen molar-refractivity contribution in [2.45, 2.75) is 18.8 Å². The lowest BCUT2D eigenvalue weighted by Gasteiger charge is -2.07. The summed E-state index contributed by atoms with van der Waals surface area (Å²) in [5.41, 5.74) is 0.841. The van der Waals surface area contributed by atoms with Crippen LogP contribution in [0.2, 0.25) is 0 Å². The highest BCUT2D eigenvalue weighted by Gasteiger charge is 2.27. The smallest absolute Gasteiger partial charge is 0.250 e. The molecule has 1 aliphatic rings. The molecule has 23 heavy (non-hydrogen) atoms. The molecular weight excluding hydrogens is 314 g/mol. The van der Waals surface area contributed by atoms with Crippen molar-refractivity contribution in [2.75, 3.05) is 19.5 Å². The van der Waals surface area contributed by atoms with E-state index in [2.05, 4.69) is 15.5 Å². The van der Waals surface area contributed by atoms with Crippen molar-refractivity contribution in [3.8, 4) is 11.5 Å². The molecule has 0 unspecified atom stereocenters. The molecule has 6 nitrogen and oxygen atoms in total. The molecule has 1 saturated carbocycles. The first kappa shape index (κ1) is 15.5. The van der Waals surface area contributed by atoms with Crippen molar-refractivity contribution in [2.24, 2.45) is 0 Å². The van der Waals surface area contributed by atoms with Gasteiger partial charge in [0.2, 0.25) is 11.0 Å². The first-order chi connectivity index (χ1) is 11.2. The van der Waals surface area contributed by atoms with E-state index in [-0.39, 0.29) is 5.91 Å². The van der Waals surface area contributed by atoms with Gasteiger partial charge < -0.3 is 9.47 Å². The third kappa shape index (κ3) is 3.87. The zero-order valence-corrected chi connectivity index (χ0v) is 13.7. The van der Waals surface area contributed by atoms with E-state index in [1.807, 2.05) is 6.07 Å². The van der Waals surface area contributed by atoms with Crippen molar-refractivity contribution in [1.29, 1.82) is 0 Å². The largest absolute Gasteiger partial charge is 0.493 e. The Morgan fingerprint density at radius 1 is 1.26 bits per heavy atom. The molecule has 0 radical (unpaired) electrons. The van der Waals surface area contributed by atoms with Gasteiger partial charge in [-0.2, -0.15) is 0 Å². The molecule has 0 aliphatic heterocycles. The number of amides is 1. The summed E-state index contributed by atoms with van der Waals surface area (Å²) in [6, 6.07) is 5.45. The Balaban J connectivity index is 1.63. The molecule has 1 amide bonds. The molecule has 1 aromatic carbocycles. The molecule has 7 heteroatoms. The monoisotopic (exact) mass is 331 g/mol. The van der Waals surface area contributed by atoms with Gasteiger partial charge in [-0.3, -0.25) is 10.1 Å². The van der Waals surface area contributed by atoms with E-state index in [0.717, 1.165) is 10.6 Å². The molecule has 0 atom stereocenters. The number of hydrogen-bond acceptors (Lipinski definition) is 6. The summed E-state index contributed by atoms with van der Waals surface area (Å²) < 4.78 is 10.4. The number of nitrogens with zero attached hydrogens (tertiary/aromatic N) is 2. The number of methoxy groups -OCH3 is 2. The summed E-state index contributed by atoms with van der Waals surface area (Å²) in [7, 11) is 3.16. The second kappa shape index (κ2) is 6.78. The minimum atomic E-state index is -0.238. The second-order valence-electron chi connectivity index (χ2n) is 5.16. The average Bonchev–Trinajstić information content (AvgIpc) is 3.32. The van der Waals surface area contributed by atoms with Crippen LogP contribution in [0.5, 0.6) is 11.5 Å². The van der Waals surface area contributed by atoms with Gasteiger partial charge in [0.15, 0.2) is 11.5 Å². The van der Waals surface area contributed by atoms with Crippen LogP contribution in [0.4, 0.5) is 5.13 Å².